The van der Waals surface area contributed by atoms with Crippen molar-refractivity contribution in [3.8, 4) is 0 Å². The Balaban J connectivity index is 1.98. The van der Waals surface area contributed by atoms with Gasteiger partial charge in [-0.15, -0.1) is 0 Å². The lowest BCUT2D eigenvalue weighted by Crippen LogP contribution is -2.49. The van der Waals surface area contributed by atoms with Crippen LogP contribution in [0.2, 0.25) is 0 Å². The maximum Gasteiger partial charge on any atom is 0.409 e. The van der Waals surface area contributed by atoms with E-state index in [-0.39, 0.29) is 6.09 Å². The van der Waals surface area contributed by atoms with Crippen LogP contribution in [0.1, 0.15) is 12.5 Å². The maximum atomic E-state index is 11.6. The lowest BCUT2D eigenvalue weighted by Gasteiger charge is -2.35. The summed E-state index contributed by atoms with van der Waals surface area (Å²) in [5.74, 6) is 0.534. The summed E-state index contributed by atoms with van der Waals surface area (Å²) >= 11 is 0. The maximum absolute atomic E-state index is 11.6. The molecule has 0 bridgehead atoms. The molecule has 1 aromatic rings. The van der Waals surface area contributed by atoms with E-state index in [0.717, 1.165) is 24.3 Å². The van der Waals surface area contributed by atoms with Gasteiger partial charge in [0.1, 0.15) is 5.82 Å². The number of aromatic nitrogens is 1. The molecule has 0 spiro atoms. The second kappa shape index (κ2) is 5.77. The van der Waals surface area contributed by atoms with Crippen LogP contribution >= 0.6 is 0 Å². The van der Waals surface area contributed by atoms with Gasteiger partial charge in [0.05, 0.1) is 18.5 Å². The molecule has 1 saturated heterocycles. The van der Waals surface area contributed by atoms with E-state index >= 15 is 0 Å². The second-order valence-corrected chi connectivity index (χ2v) is 4.57. The molecule has 2 N–H and O–H groups in total. The minimum atomic E-state index is -0.227. The van der Waals surface area contributed by atoms with Crippen LogP contribution in [-0.4, -0.2) is 48.8 Å². The Bertz CT molecular complexity index is 456. The molecular weight excluding hydrogens is 244 g/mol. The Morgan fingerprint density at radius 1 is 1.42 bits per heavy atom. The monoisotopic (exact) mass is 264 g/mol. The summed E-state index contributed by atoms with van der Waals surface area (Å²) in [4.78, 5) is 19.7. The highest BCUT2D eigenvalue weighted by Gasteiger charge is 2.22. The number of anilines is 2. The van der Waals surface area contributed by atoms with Gasteiger partial charge in [-0.2, -0.15) is 0 Å². The van der Waals surface area contributed by atoms with Gasteiger partial charge in [0.25, 0.3) is 0 Å². The molecule has 1 aliphatic heterocycles. The van der Waals surface area contributed by atoms with Crippen molar-refractivity contribution in [2.45, 2.75) is 13.8 Å². The number of carbonyl (C=O) groups is 1. The van der Waals surface area contributed by atoms with Gasteiger partial charge in [-0.25, -0.2) is 9.78 Å². The predicted molar refractivity (Wildman–Crippen MR) is 74.2 cm³/mol. The Morgan fingerprint density at radius 2 is 2.11 bits per heavy atom. The normalized spacial score (nSPS) is 15.5. The zero-order valence-electron chi connectivity index (χ0n) is 11.4. The van der Waals surface area contributed by atoms with Crippen LogP contribution in [0, 0.1) is 6.92 Å². The Hall–Kier alpha value is -1.98. The van der Waals surface area contributed by atoms with Gasteiger partial charge in [0, 0.05) is 26.2 Å². The van der Waals surface area contributed by atoms with Crippen LogP contribution < -0.4 is 10.6 Å². The average Bonchev–Trinajstić information content (AvgIpc) is 2.39. The topological polar surface area (TPSA) is 71.7 Å². The summed E-state index contributed by atoms with van der Waals surface area (Å²) in [5.41, 5.74) is 7.84. The Labute approximate surface area is 113 Å². The van der Waals surface area contributed by atoms with Gasteiger partial charge in [-0.05, 0) is 25.5 Å². The molecule has 6 nitrogen and oxygen atoms in total. The fourth-order valence-electron chi connectivity index (χ4n) is 2.25. The number of aryl methyl sites for hydroxylation is 1. The fourth-order valence-corrected chi connectivity index (χ4v) is 2.25. The number of nitrogens with zero attached hydrogens (tertiary/aromatic N) is 3. The van der Waals surface area contributed by atoms with Crippen LogP contribution in [0.25, 0.3) is 0 Å². The van der Waals surface area contributed by atoms with Crippen LogP contribution in [0.3, 0.4) is 0 Å². The molecule has 1 fully saturated rings. The fraction of sp³-hybridized carbons (Fsp3) is 0.538. The Morgan fingerprint density at radius 3 is 2.68 bits per heavy atom. The first kappa shape index (κ1) is 13.5. The van der Waals surface area contributed by atoms with Crippen molar-refractivity contribution in [1.29, 1.82) is 0 Å². The highest BCUT2D eigenvalue weighted by atomic mass is 16.6. The van der Waals surface area contributed by atoms with Crippen molar-refractivity contribution < 1.29 is 9.53 Å². The van der Waals surface area contributed by atoms with Crippen molar-refractivity contribution in [3.63, 3.8) is 0 Å². The number of hydrogen-bond acceptors (Lipinski definition) is 5. The van der Waals surface area contributed by atoms with Crippen molar-refractivity contribution in [1.82, 2.24) is 9.88 Å². The van der Waals surface area contributed by atoms with E-state index in [1.807, 2.05) is 19.9 Å². The second-order valence-electron chi connectivity index (χ2n) is 4.57. The van der Waals surface area contributed by atoms with Crippen molar-refractivity contribution in [2.75, 3.05) is 43.4 Å². The third-order valence-electron chi connectivity index (χ3n) is 3.25. The lowest BCUT2D eigenvalue weighted by atomic mass is 10.2. The van der Waals surface area contributed by atoms with Gasteiger partial charge in [-0.3, -0.25) is 0 Å². The number of piperazine rings is 1. The zero-order chi connectivity index (χ0) is 13.8. The predicted octanol–water partition coefficient (Wildman–Crippen LogP) is 1.25. The first-order valence-electron chi connectivity index (χ1n) is 6.50. The molecular formula is C13H20N4O2. The van der Waals surface area contributed by atoms with Crippen molar-refractivity contribution in [2.24, 2.45) is 0 Å². The van der Waals surface area contributed by atoms with Crippen molar-refractivity contribution >= 4 is 17.6 Å². The van der Waals surface area contributed by atoms with Gasteiger partial charge in [0.2, 0.25) is 0 Å². The summed E-state index contributed by atoms with van der Waals surface area (Å²) in [7, 11) is 0. The summed E-state index contributed by atoms with van der Waals surface area (Å²) < 4.78 is 5.00. The third-order valence-corrected chi connectivity index (χ3v) is 3.25. The zero-order valence-corrected chi connectivity index (χ0v) is 11.4. The molecule has 6 heteroatoms. The van der Waals surface area contributed by atoms with E-state index in [2.05, 4.69) is 9.88 Å². The van der Waals surface area contributed by atoms with Crippen LogP contribution in [0.5, 0.6) is 0 Å². The summed E-state index contributed by atoms with van der Waals surface area (Å²) in [5, 5.41) is 0. The minimum absolute atomic E-state index is 0.227. The molecule has 1 amide bonds. The summed E-state index contributed by atoms with van der Waals surface area (Å²) in [6, 6.07) is 1.87. The molecule has 0 unspecified atom stereocenters. The number of nitrogen functional groups attached to an aromatic ring is 1. The average molecular weight is 264 g/mol. The van der Waals surface area contributed by atoms with E-state index in [0.29, 0.717) is 25.5 Å². The van der Waals surface area contributed by atoms with Gasteiger partial charge in [-0.1, -0.05) is 0 Å². The van der Waals surface area contributed by atoms with Gasteiger partial charge < -0.3 is 20.3 Å². The number of rotatable bonds is 2. The van der Waals surface area contributed by atoms with E-state index < -0.39 is 0 Å². The first-order chi connectivity index (χ1) is 9.11. The van der Waals surface area contributed by atoms with Crippen LogP contribution in [0.4, 0.5) is 16.3 Å². The molecule has 0 radical (unpaired) electrons. The summed E-state index contributed by atoms with van der Waals surface area (Å²) in [6.45, 7) is 7.16. The molecule has 0 saturated carbocycles. The number of hydrogen-bond donors (Lipinski definition) is 1. The van der Waals surface area contributed by atoms with Crippen LogP contribution in [-0.2, 0) is 4.74 Å². The number of amides is 1. The van der Waals surface area contributed by atoms with Crippen LogP contribution in [0.15, 0.2) is 12.3 Å². The van der Waals surface area contributed by atoms with Gasteiger partial charge in [0.15, 0.2) is 0 Å². The van der Waals surface area contributed by atoms with Crippen molar-refractivity contribution in [3.05, 3.63) is 17.8 Å². The molecule has 0 aromatic carbocycles. The Kier molecular flexibility index (Phi) is 4.09. The standard InChI is InChI=1S/C13H20N4O2/c1-3-19-13(18)17-6-4-16(5-7-17)11-9-15-12(14)8-10(11)2/h8-9H,3-7H2,1-2H3,(H2,14,15). The molecule has 1 aromatic heterocycles. The minimum Gasteiger partial charge on any atom is -0.450 e. The third kappa shape index (κ3) is 3.07. The molecule has 1 aliphatic rings. The molecule has 0 atom stereocenters. The number of pyridine rings is 1. The lowest BCUT2D eigenvalue weighted by molar-refractivity contribution is 0.105. The van der Waals surface area contributed by atoms with E-state index in [1.165, 1.54) is 0 Å². The van der Waals surface area contributed by atoms with Gasteiger partial charge >= 0.3 is 6.09 Å². The molecule has 2 rings (SSSR count). The highest BCUT2D eigenvalue weighted by Crippen LogP contribution is 2.21. The first-order valence-corrected chi connectivity index (χ1v) is 6.50. The largest absolute Gasteiger partial charge is 0.450 e. The SMILES string of the molecule is CCOC(=O)N1CCN(c2cnc(N)cc2C)CC1. The van der Waals surface area contributed by atoms with E-state index in [9.17, 15) is 4.79 Å². The molecule has 0 aliphatic carbocycles. The molecule has 2 heterocycles. The van der Waals surface area contributed by atoms with E-state index in [4.69, 9.17) is 10.5 Å². The number of carbonyl (C=O) groups excluding carboxylic acids is 1. The number of ether oxygens (including phenoxy) is 1. The summed E-state index contributed by atoms with van der Waals surface area (Å²) in [6.07, 6.45) is 1.57. The molecule has 19 heavy (non-hydrogen) atoms. The highest BCUT2D eigenvalue weighted by molar-refractivity contribution is 5.68. The number of nitrogens with two attached hydrogens (primary N) is 1. The molecule has 104 valence electrons. The van der Waals surface area contributed by atoms with E-state index in [1.54, 1.807) is 11.1 Å². The smallest absolute Gasteiger partial charge is 0.409 e. The quantitative estimate of drug-likeness (QED) is 0.870.